The van der Waals surface area contributed by atoms with Gasteiger partial charge in [-0.05, 0) is 89.7 Å². The Hall–Kier alpha value is -3.17. The average molecular weight is 574 g/mol. The second kappa shape index (κ2) is 9.76. The first-order chi connectivity index (χ1) is 15.8. The van der Waals surface area contributed by atoms with Gasteiger partial charge in [0.25, 0.3) is 0 Å². The highest BCUT2D eigenvalue weighted by Gasteiger charge is 2.25. The molecule has 0 unspecified atom stereocenters. The Bertz CT molecular complexity index is 1300. The molecule has 0 atom stereocenters. The Kier molecular flexibility index (Phi) is 6.80. The third-order valence-corrected chi connectivity index (χ3v) is 5.80. The van der Waals surface area contributed by atoms with Gasteiger partial charge >= 0.3 is 11.9 Å². The van der Waals surface area contributed by atoms with E-state index in [0.717, 1.165) is 5.56 Å². The first kappa shape index (κ1) is 23.0. The number of carbonyl (C=O) groups excluding carboxylic acids is 2. The van der Waals surface area contributed by atoms with Gasteiger partial charge in [0.05, 0.1) is 16.2 Å². The van der Waals surface area contributed by atoms with Crippen LogP contribution >= 0.6 is 34.2 Å². The van der Waals surface area contributed by atoms with Crippen LogP contribution in [0.4, 0.5) is 0 Å². The SMILES string of the molecule is COc1cc(/C=C2\N=C(c3ccc(C)cc3)OC2=O)cc(I)c1OC(=O)c1ccc(Cl)cc1. The Labute approximate surface area is 209 Å². The fraction of sp³-hybridized carbons (Fsp3) is 0.0800. The van der Waals surface area contributed by atoms with Crippen LogP contribution in [0.1, 0.15) is 27.0 Å². The number of methoxy groups -OCH3 is 1. The number of cyclic esters (lactones) is 1. The number of nitrogens with zero attached hydrogens (tertiary/aromatic N) is 1. The molecule has 1 heterocycles. The number of hydrogen-bond donors (Lipinski definition) is 0. The van der Waals surface area contributed by atoms with Gasteiger partial charge in [-0.1, -0.05) is 29.3 Å². The minimum absolute atomic E-state index is 0.161. The molecule has 0 amide bonds. The van der Waals surface area contributed by atoms with Crippen molar-refractivity contribution in [2.75, 3.05) is 7.11 Å². The van der Waals surface area contributed by atoms with Crippen molar-refractivity contribution in [2.24, 2.45) is 4.99 Å². The standard InChI is InChI=1S/C25H17ClINO5/c1-14-3-5-16(6-4-14)23-28-20(25(30)33-23)12-15-11-19(27)22(21(13-15)31-2)32-24(29)17-7-9-18(26)10-8-17/h3-13H,1-2H3/b20-12-. The highest BCUT2D eigenvalue weighted by atomic mass is 127. The monoisotopic (exact) mass is 573 g/mol. The molecule has 4 rings (SSSR count). The lowest BCUT2D eigenvalue weighted by atomic mass is 10.1. The predicted octanol–water partition coefficient (Wildman–Crippen LogP) is 5.83. The van der Waals surface area contributed by atoms with E-state index in [9.17, 15) is 9.59 Å². The van der Waals surface area contributed by atoms with E-state index in [1.165, 1.54) is 7.11 Å². The summed E-state index contributed by atoms with van der Waals surface area (Å²) in [6, 6.07) is 17.3. The summed E-state index contributed by atoms with van der Waals surface area (Å²) < 4.78 is 16.9. The third-order valence-electron chi connectivity index (χ3n) is 4.75. The predicted molar refractivity (Wildman–Crippen MR) is 134 cm³/mol. The van der Waals surface area contributed by atoms with Crippen LogP contribution in [-0.2, 0) is 9.53 Å². The Morgan fingerprint density at radius 1 is 1.09 bits per heavy atom. The Balaban J connectivity index is 1.61. The van der Waals surface area contributed by atoms with Crippen LogP contribution in [0, 0.1) is 10.5 Å². The zero-order chi connectivity index (χ0) is 23.5. The second-order valence-corrected chi connectivity index (χ2v) is 8.73. The summed E-state index contributed by atoms with van der Waals surface area (Å²) in [7, 11) is 1.47. The second-order valence-electron chi connectivity index (χ2n) is 7.13. The summed E-state index contributed by atoms with van der Waals surface area (Å²) in [5.41, 5.74) is 2.97. The molecule has 0 aromatic heterocycles. The first-order valence-electron chi connectivity index (χ1n) is 9.79. The molecule has 0 saturated carbocycles. The van der Waals surface area contributed by atoms with Gasteiger partial charge in [0.15, 0.2) is 17.2 Å². The lowest BCUT2D eigenvalue weighted by Crippen LogP contribution is -2.10. The lowest BCUT2D eigenvalue weighted by Gasteiger charge is -2.12. The molecular formula is C25H17ClINO5. The number of aryl methyl sites for hydroxylation is 1. The summed E-state index contributed by atoms with van der Waals surface area (Å²) in [5.74, 6) is -0.219. The number of halogens is 2. The van der Waals surface area contributed by atoms with Crippen molar-refractivity contribution in [2.45, 2.75) is 6.92 Å². The quantitative estimate of drug-likeness (QED) is 0.166. The molecule has 0 fully saturated rings. The molecule has 1 aliphatic rings. The van der Waals surface area contributed by atoms with Crippen molar-refractivity contribution >= 4 is 58.1 Å². The van der Waals surface area contributed by atoms with Crippen molar-refractivity contribution in [1.82, 2.24) is 0 Å². The maximum Gasteiger partial charge on any atom is 0.363 e. The molecule has 0 spiro atoms. The molecule has 0 saturated heterocycles. The van der Waals surface area contributed by atoms with Crippen LogP contribution in [0.15, 0.2) is 71.4 Å². The fourth-order valence-electron chi connectivity index (χ4n) is 3.05. The maximum atomic E-state index is 12.5. The molecule has 6 nitrogen and oxygen atoms in total. The summed E-state index contributed by atoms with van der Waals surface area (Å²) >= 11 is 7.92. The van der Waals surface area contributed by atoms with Gasteiger partial charge in [-0.3, -0.25) is 0 Å². The van der Waals surface area contributed by atoms with E-state index in [2.05, 4.69) is 4.99 Å². The molecular weight excluding hydrogens is 557 g/mol. The molecule has 33 heavy (non-hydrogen) atoms. The molecule has 1 aliphatic heterocycles. The van der Waals surface area contributed by atoms with Gasteiger partial charge in [-0.15, -0.1) is 0 Å². The number of ether oxygens (including phenoxy) is 3. The number of hydrogen-bond acceptors (Lipinski definition) is 6. The van der Waals surface area contributed by atoms with Crippen molar-refractivity contribution < 1.29 is 23.8 Å². The van der Waals surface area contributed by atoms with E-state index in [0.29, 0.717) is 31.0 Å². The number of aliphatic imine (C=N–C) groups is 1. The first-order valence-corrected chi connectivity index (χ1v) is 11.2. The van der Waals surface area contributed by atoms with Crippen LogP contribution in [0.2, 0.25) is 5.02 Å². The molecule has 166 valence electrons. The number of carbonyl (C=O) groups is 2. The van der Waals surface area contributed by atoms with E-state index in [1.807, 2.05) is 53.8 Å². The number of benzene rings is 3. The van der Waals surface area contributed by atoms with Gasteiger partial charge in [0, 0.05) is 10.6 Å². The summed E-state index contributed by atoms with van der Waals surface area (Å²) in [5, 5.41) is 0.523. The van der Waals surface area contributed by atoms with Gasteiger partial charge in [0.2, 0.25) is 5.90 Å². The van der Waals surface area contributed by atoms with Gasteiger partial charge < -0.3 is 14.2 Å². The minimum atomic E-state index is -0.544. The summed E-state index contributed by atoms with van der Waals surface area (Å²) in [6.07, 6.45) is 1.60. The highest BCUT2D eigenvalue weighted by Crippen LogP contribution is 2.35. The van der Waals surface area contributed by atoms with Crippen LogP contribution in [0.5, 0.6) is 11.5 Å². The van der Waals surface area contributed by atoms with Gasteiger partial charge in [-0.2, -0.15) is 0 Å². The zero-order valence-electron chi connectivity index (χ0n) is 17.6. The summed E-state index contributed by atoms with van der Waals surface area (Å²) in [4.78, 5) is 29.2. The van der Waals surface area contributed by atoms with Crippen LogP contribution in [0.3, 0.4) is 0 Å². The zero-order valence-corrected chi connectivity index (χ0v) is 20.5. The van der Waals surface area contributed by atoms with E-state index in [-0.39, 0.29) is 17.3 Å². The molecule has 0 N–H and O–H groups in total. The van der Waals surface area contributed by atoms with Crippen molar-refractivity contribution in [3.8, 4) is 11.5 Å². The lowest BCUT2D eigenvalue weighted by molar-refractivity contribution is -0.129. The normalized spacial score (nSPS) is 14.1. The smallest absolute Gasteiger partial charge is 0.363 e. The molecule has 3 aromatic carbocycles. The maximum absolute atomic E-state index is 12.5. The van der Waals surface area contributed by atoms with Gasteiger partial charge in [0.1, 0.15) is 0 Å². The number of esters is 2. The molecule has 0 bridgehead atoms. The van der Waals surface area contributed by atoms with Crippen LogP contribution in [-0.4, -0.2) is 24.9 Å². The van der Waals surface area contributed by atoms with Crippen molar-refractivity contribution in [1.29, 1.82) is 0 Å². The van der Waals surface area contributed by atoms with Crippen LogP contribution < -0.4 is 9.47 Å². The molecule has 0 radical (unpaired) electrons. The van der Waals surface area contributed by atoms with Gasteiger partial charge in [-0.25, -0.2) is 14.6 Å². The Morgan fingerprint density at radius 3 is 2.45 bits per heavy atom. The Morgan fingerprint density at radius 2 is 1.79 bits per heavy atom. The van der Waals surface area contributed by atoms with E-state index >= 15 is 0 Å². The highest BCUT2D eigenvalue weighted by molar-refractivity contribution is 14.1. The van der Waals surface area contributed by atoms with E-state index in [4.69, 9.17) is 25.8 Å². The fourth-order valence-corrected chi connectivity index (χ4v) is 3.91. The average Bonchev–Trinajstić information content (AvgIpc) is 3.16. The minimum Gasteiger partial charge on any atom is -0.493 e. The molecule has 8 heteroatoms. The third kappa shape index (κ3) is 5.26. The molecule has 0 aliphatic carbocycles. The summed E-state index contributed by atoms with van der Waals surface area (Å²) in [6.45, 7) is 1.98. The molecule has 3 aromatic rings. The van der Waals surface area contributed by atoms with Crippen molar-refractivity contribution in [3.05, 3.63) is 97.2 Å². The van der Waals surface area contributed by atoms with E-state index < -0.39 is 11.9 Å². The number of rotatable bonds is 5. The van der Waals surface area contributed by atoms with Crippen LogP contribution in [0.25, 0.3) is 6.08 Å². The van der Waals surface area contributed by atoms with Crippen molar-refractivity contribution in [3.63, 3.8) is 0 Å². The van der Waals surface area contributed by atoms with E-state index in [1.54, 1.807) is 42.5 Å². The largest absolute Gasteiger partial charge is 0.493 e. The topological polar surface area (TPSA) is 74.2 Å².